The van der Waals surface area contributed by atoms with Crippen LogP contribution in [0.15, 0.2) is 42.5 Å². The summed E-state index contributed by atoms with van der Waals surface area (Å²) in [7, 11) is 0. The monoisotopic (exact) mass is 402 g/mol. The highest BCUT2D eigenvalue weighted by Crippen LogP contribution is 2.32. The van der Waals surface area contributed by atoms with Crippen molar-refractivity contribution in [2.24, 2.45) is 0 Å². The molecule has 10 heteroatoms. The molecule has 0 saturated heterocycles. The summed E-state index contributed by atoms with van der Waals surface area (Å²) in [5, 5.41) is 22.8. The Morgan fingerprint density at radius 3 is 2.15 bits per heavy atom. The predicted octanol–water partition coefficient (Wildman–Crippen LogP) is 3.55. The van der Waals surface area contributed by atoms with Crippen molar-refractivity contribution in [3.63, 3.8) is 0 Å². The molecule has 2 rings (SSSR count). The number of anilines is 2. The van der Waals surface area contributed by atoms with Gasteiger partial charge in [-0.2, -0.15) is 13.2 Å². The molecule has 0 aliphatic carbocycles. The van der Waals surface area contributed by atoms with E-state index in [9.17, 15) is 33.0 Å². The van der Waals surface area contributed by atoms with Crippen molar-refractivity contribution in [1.82, 2.24) is 0 Å². The van der Waals surface area contributed by atoms with Crippen molar-refractivity contribution in [3.8, 4) is 5.75 Å². The van der Waals surface area contributed by atoms with Gasteiger partial charge in [-0.3, -0.25) is 9.59 Å². The van der Waals surface area contributed by atoms with Crippen LogP contribution in [-0.2, 0) is 4.79 Å². The van der Waals surface area contributed by atoms with E-state index < -0.39 is 23.6 Å². The van der Waals surface area contributed by atoms with Gasteiger partial charge in [-0.15, -0.1) is 0 Å². The molecule has 0 radical (unpaired) electrons. The van der Waals surface area contributed by atoms with Crippen LogP contribution in [0, 0.1) is 0 Å². The number of hydrogen-bond acceptors (Lipinski definition) is 4. The summed E-state index contributed by atoms with van der Waals surface area (Å²) in [6, 6.07) is 9.18. The van der Waals surface area contributed by atoms with Crippen molar-refractivity contribution in [3.05, 3.63) is 53.1 Å². The maximum absolute atomic E-state index is 12.7. The second-order valence-electron chi connectivity index (χ2n) is 5.72. The summed E-state index contributed by atoms with van der Waals surface area (Å²) >= 11 is 5.91. The highest BCUT2D eigenvalue weighted by Gasteiger charge is 2.55. The van der Waals surface area contributed by atoms with Gasteiger partial charge in [0.2, 0.25) is 5.60 Å². The summed E-state index contributed by atoms with van der Waals surface area (Å²) in [5.74, 6) is -2.26. The number of rotatable bonds is 4. The zero-order valence-electron chi connectivity index (χ0n) is 13.8. The maximum atomic E-state index is 12.7. The van der Waals surface area contributed by atoms with Gasteiger partial charge < -0.3 is 20.8 Å². The van der Waals surface area contributed by atoms with E-state index in [1.54, 1.807) is 0 Å². The Morgan fingerprint density at radius 1 is 1.04 bits per heavy atom. The third kappa shape index (κ3) is 4.69. The van der Waals surface area contributed by atoms with Crippen LogP contribution in [0.5, 0.6) is 5.75 Å². The molecule has 0 spiro atoms. The Morgan fingerprint density at radius 2 is 1.63 bits per heavy atom. The van der Waals surface area contributed by atoms with E-state index in [0.717, 1.165) is 12.1 Å². The highest BCUT2D eigenvalue weighted by atomic mass is 35.5. The molecule has 1 atom stereocenters. The Kier molecular flexibility index (Phi) is 5.67. The van der Waals surface area contributed by atoms with Crippen molar-refractivity contribution in [1.29, 1.82) is 0 Å². The first-order valence-electron chi connectivity index (χ1n) is 7.42. The second-order valence-corrected chi connectivity index (χ2v) is 6.13. The number of amides is 2. The molecule has 1 unspecified atom stereocenters. The molecule has 0 aliphatic heterocycles. The van der Waals surface area contributed by atoms with Crippen molar-refractivity contribution < 1.29 is 33.0 Å². The number of phenols is 1. The molecule has 0 heterocycles. The third-order valence-corrected chi connectivity index (χ3v) is 3.91. The summed E-state index contributed by atoms with van der Waals surface area (Å²) in [6.07, 6.45) is -5.17. The molecule has 2 amide bonds. The molecule has 6 nitrogen and oxygen atoms in total. The van der Waals surface area contributed by atoms with Crippen LogP contribution in [0.2, 0.25) is 5.02 Å². The number of carbonyl (C=O) groups is 2. The Hall–Kier alpha value is -2.78. The van der Waals surface area contributed by atoms with E-state index in [4.69, 9.17) is 11.6 Å². The number of aliphatic hydroxyl groups is 1. The SMILES string of the molecule is CC(O)(C(=O)Nc1ccc(C(=O)Nc2ccc(O)cc2)cc1Cl)C(F)(F)F. The fourth-order valence-corrected chi connectivity index (χ4v) is 2.11. The number of aromatic hydroxyl groups is 1. The number of benzene rings is 2. The van der Waals surface area contributed by atoms with Crippen molar-refractivity contribution >= 4 is 34.8 Å². The van der Waals surface area contributed by atoms with Crippen molar-refractivity contribution in [2.45, 2.75) is 18.7 Å². The minimum Gasteiger partial charge on any atom is -0.508 e. The lowest BCUT2D eigenvalue weighted by Gasteiger charge is -2.25. The Bertz CT molecular complexity index is 867. The lowest BCUT2D eigenvalue weighted by Crippen LogP contribution is -2.52. The van der Waals surface area contributed by atoms with E-state index in [1.807, 2.05) is 5.32 Å². The average molecular weight is 403 g/mol. The van der Waals surface area contributed by atoms with Gasteiger partial charge in [-0.1, -0.05) is 11.6 Å². The molecule has 144 valence electrons. The van der Waals surface area contributed by atoms with Crippen LogP contribution in [0.3, 0.4) is 0 Å². The first-order valence-corrected chi connectivity index (χ1v) is 7.80. The van der Waals surface area contributed by atoms with Gasteiger partial charge in [-0.25, -0.2) is 0 Å². The molecule has 4 N–H and O–H groups in total. The van der Waals surface area contributed by atoms with Gasteiger partial charge in [0.05, 0.1) is 10.7 Å². The van der Waals surface area contributed by atoms with E-state index in [1.165, 1.54) is 30.3 Å². The van der Waals surface area contributed by atoms with Crippen molar-refractivity contribution in [2.75, 3.05) is 10.6 Å². The van der Waals surface area contributed by atoms with Crippen LogP contribution in [0.25, 0.3) is 0 Å². The Labute approximate surface area is 156 Å². The minimum absolute atomic E-state index is 0.0193. The van der Waals surface area contributed by atoms with E-state index in [-0.39, 0.29) is 22.0 Å². The smallest absolute Gasteiger partial charge is 0.426 e. The summed E-state index contributed by atoms with van der Waals surface area (Å²) in [4.78, 5) is 23.8. The number of alkyl halides is 3. The number of phenolic OH excluding ortho intramolecular Hbond substituents is 1. The zero-order chi connectivity index (χ0) is 20.4. The topological polar surface area (TPSA) is 98.7 Å². The number of hydrogen-bond donors (Lipinski definition) is 4. The van der Waals surface area contributed by atoms with Gasteiger partial charge in [0.1, 0.15) is 5.75 Å². The minimum atomic E-state index is -5.17. The van der Waals surface area contributed by atoms with Gasteiger partial charge in [0.15, 0.2) is 0 Å². The van der Waals surface area contributed by atoms with Crippen LogP contribution >= 0.6 is 11.6 Å². The van der Waals surface area contributed by atoms with E-state index in [0.29, 0.717) is 12.6 Å². The molecule has 0 fully saturated rings. The first-order chi connectivity index (χ1) is 12.4. The van der Waals surface area contributed by atoms with Crippen LogP contribution < -0.4 is 10.6 Å². The molecule has 2 aromatic rings. The van der Waals surface area contributed by atoms with E-state index in [2.05, 4.69) is 5.32 Å². The van der Waals surface area contributed by atoms with Crippen LogP contribution in [0.1, 0.15) is 17.3 Å². The van der Waals surface area contributed by atoms with Crippen LogP contribution in [0.4, 0.5) is 24.5 Å². The molecule has 0 bridgehead atoms. The molecule has 0 saturated carbocycles. The standard InChI is InChI=1S/C17H14ClF3N2O4/c1-16(27,17(19,20)21)15(26)23-13-7-2-9(8-12(13)18)14(25)22-10-3-5-11(24)6-4-10/h2-8,24,27H,1H3,(H,22,25)(H,23,26). The molecule has 27 heavy (non-hydrogen) atoms. The fourth-order valence-electron chi connectivity index (χ4n) is 1.88. The lowest BCUT2D eigenvalue weighted by molar-refractivity contribution is -0.242. The summed E-state index contributed by atoms with van der Waals surface area (Å²) in [5.41, 5.74) is -3.33. The molecule has 0 aliphatic rings. The van der Waals surface area contributed by atoms with Crippen LogP contribution in [-0.4, -0.2) is 33.8 Å². The summed E-state index contributed by atoms with van der Waals surface area (Å²) < 4.78 is 38.0. The first kappa shape index (κ1) is 20.5. The molecule has 2 aromatic carbocycles. The Balaban J connectivity index is 2.14. The maximum Gasteiger partial charge on any atom is 0.426 e. The van der Waals surface area contributed by atoms with Gasteiger partial charge >= 0.3 is 6.18 Å². The normalized spacial score (nSPS) is 13.6. The molecular formula is C17H14ClF3N2O4. The predicted molar refractivity (Wildman–Crippen MR) is 92.8 cm³/mol. The van der Waals surface area contributed by atoms with E-state index >= 15 is 0 Å². The largest absolute Gasteiger partial charge is 0.508 e. The molecule has 0 aromatic heterocycles. The second kappa shape index (κ2) is 7.45. The number of halogens is 4. The molecular weight excluding hydrogens is 389 g/mol. The van der Waals surface area contributed by atoms with Gasteiger partial charge in [0.25, 0.3) is 11.8 Å². The van der Waals surface area contributed by atoms with Gasteiger partial charge in [-0.05, 0) is 49.4 Å². The fraction of sp³-hybridized carbons (Fsp3) is 0.176. The highest BCUT2D eigenvalue weighted by molar-refractivity contribution is 6.34. The third-order valence-electron chi connectivity index (χ3n) is 3.60. The zero-order valence-corrected chi connectivity index (χ0v) is 14.5. The number of carbonyl (C=O) groups excluding carboxylic acids is 2. The lowest BCUT2D eigenvalue weighted by atomic mass is 10.1. The van der Waals surface area contributed by atoms with Gasteiger partial charge in [0, 0.05) is 11.3 Å². The average Bonchev–Trinajstić information content (AvgIpc) is 2.57. The summed E-state index contributed by atoms with van der Waals surface area (Å²) in [6.45, 7) is 0.315. The number of nitrogens with one attached hydrogen (secondary N) is 2. The quantitative estimate of drug-likeness (QED) is 0.588.